The zero-order valence-corrected chi connectivity index (χ0v) is 11.6. The van der Waals surface area contributed by atoms with E-state index in [1.165, 1.54) is 10.9 Å². The van der Waals surface area contributed by atoms with Gasteiger partial charge in [-0.25, -0.2) is 4.39 Å². The number of ketones is 1. The van der Waals surface area contributed by atoms with Gasteiger partial charge in [-0.15, -0.1) is 11.3 Å². The molecular weight excluding hydrogens is 259 g/mol. The maximum absolute atomic E-state index is 13.9. The molecule has 1 aromatic carbocycles. The first kappa shape index (κ1) is 12.5. The summed E-state index contributed by atoms with van der Waals surface area (Å²) in [4.78, 5) is 13.9. The Balaban J connectivity index is 2.00. The Morgan fingerprint density at radius 2 is 2.21 bits per heavy atom. The van der Waals surface area contributed by atoms with Gasteiger partial charge in [0.25, 0.3) is 0 Å². The summed E-state index contributed by atoms with van der Waals surface area (Å²) >= 11 is 1.70. The molecule has 98 valence electrons. The molecule has 3 heteroatoms. The highest BCUT2D eigenvalue weighted by molar-refractivity contribution is 7.10. The lowest BCUT2D eigenvalue weighted by molar-refractivity contribution is 0.0947. The largest absolute Gasteiger partial charge is 0.293 e. The van der Waals surface area contributed by atoms with Crippen molar-refractivity contribution in [3.8, 4) is 0 Å². The van der Waals surface area contributed by atoms with E-state index in [1.54, 1.807) is 23.5 Å². The predicted octanol–water partition coefficient (Wildman–Crippen LogP) is 4.50. The summed E-state index contributed by atoms with van der Waals surface area (Å²) in [5.74, 6) is -0.634. The molecule has 1 atom stereocenters. The van der Waals surface area contributed by atoms with Crippen molar-refractivity contribution in [2.45, 2.75) is 32.1 Å². The molecule has 1 heterocycles. The Bertz CT molecular complexity index is 629. The average Bonchev–Trinajstić information content (AvgIpc) is 2.89. The van der Waals surface area contributed by atoms with E-state index >= 15 is 0 Å². The molecule has 0 amide bonds. The third kappa shape index (κ3) is 2.23. The van der Waals surface area contributed by atoms with Gasteiger partial charge in [0, 0.05) is 10.8 Å². The van der Waals surface area contributed by atoms with Crippen molar-refractivity contribution in [1.82, 2.24) is 0 Å². The Morgan fingerprint density at radius 1 is 1.37 bits per heavy atom. The number of aryl methyl sites for hydroxylation is 2. The number of carbonyl (C=O) groups excluding carboxylic acids is 1. The van der Waals surface area contributed by atoms with Gasteiger partial charge in [0.05, 0.1) is 5.56 Å². The lowest BCUT2D eigenvalue weighted by Crippen LogP contribution is -2.18. The third-order valence-corrected chi connectivity index (χ3v) is 4.75. The first-order valence-corrected chi connectivity index (χ1v) is 7.41. The molecule has 2 aromatic rings. The lowest BCUT2D eigenvalue weighted by Gasteiger charge is -2.21. The van der Waals surface area contributed by atoms with Crippen LogP contribution in [0.25, 0.3) is 0 Å². The van der Waals surface area contributed by atoms with Gasteiger partial charge in [-0.05, 0) is 55.3 Å². The number of thiophene rings is 1. The van der Waals surface area contributed by atoms with Crippen molar-refractivity contribution in [1.29, 1.82) is 0 Å². The molecule has 0 aliphatic heterocycles. The Hall–Kier alpha value is -1.48. The van der Waals surface area contributed by atoms with Gasteiger partial charge in [0.1, 0.15) is 5.82 Å². The molecule has 1 aliphatic rings. The number of Topliss-reactive ketones (excluding diaryl/α,β-unsaturated/α-hetero) is 1. The molecule has 1 aromatic heterocycles. The molecule has 0 N–H and O–H groups in total. The highest BCUT2D eigenvalue weighted by Crippen LogP contribution is 2.37. The number of rotatable bonds is 2. The van der Waals surface area contributed by atoms with Crippen molar-refractivity contribution in [3.05, 3.63) is 57.0 Å². The minimum atomic E-state index is -0.405. The standard InChI is InChI=1S/C16H15FOS/c1-10-5-6-14(17)13(9-10)16(18)12-3-2-4-15-11(12)7-8-19-15/h5-9,12H,2-4H2,1H3. The molecule has 3 rings (SSSR count). The van der Waals surface area contributed by atoms with Crippen LogP contribution in [0.5, 0.6) is 0 Å². The maximum atomic E-state index is 13.9. The quantitative estimate of drug-likeness (QED) is 0.737. The molecule has 1 aliphatic carbocycles. The average molecular weight is 274 g/mol. The fourth-order valence-electron chi connectivity index (χ4n) is 2.77. The van der Waals surface area contributed by atoms with E-state index in [2.05, 4.69) is 0 Å². The molecule has 0 bridgehead atoms. The number of carbonyl (C=O) groups is 1. The maximum Gasteiger partial charge on any atom is 0.173 e. The topological polar surface area (TPSA) is 17.1 Å². The molecular formula is C16H15FOS. The second kappa shape index (κ2) is 4.89. The lowest BCUT2D eigenvalue weighted by atomic mass is 9.82. The van der Waals surface area contributed by atoms with Gasteiger partial charge in [0.2, 0.25) is 0 Å². The molecule has 0 spiro atoms. The van der Waals surface area contributed by atoms with Crippen LogP contribution in [0.15, 0.2) is 29.6 Å². The van der Waals surface area contributed by atoms with Crippen LogP contribution in [-0.2, 0) is 6.42 Å². The van der Waals surface area contributed by atoms with Gasteiger partial charge in [-0.3, -0.25) is 4.79 Å². The number of hydrogen-bond acceptors (Lipinski definition) is 2. The van der Waals surface area contributed by atoms with Crippen LogP contribution in [0.1, 0.15) is 45.1 Å². The minimum absolute atomic E-state index is 0.0689. The Kier molecular flexibility index (Phi) is 3.23. The van der Waals surface area contributed by atoms with Crippen LogP contribution >= 0.6 is 11.3 Å². The zero-order chi connectivity index (χ0) is 13.4. The van der Waals surface area contributed by atoms with Gasteiger partial charge >= 0.3 is 0 Å². The fraction of sp³-hybridized carbons (Fsp3) is 0.312. The van der Waals surface area contributed by atoms with Crippen LogP contribution in [-0.4, -0.2) is 5.78 Å². The summed E-state index contributed by atoms with van der Waals surface area (Å²) in [5, 5.41) is 2.03. The van der Waals surface area contributed by atoms with Crippen molar-refractivity contribution >= 4 is 17.1 Å². The van der Waals surface area contributed by atoms with Gasteiger partial charge in [-0.1, -0.05) is 11.6 Å². The molecule has 19 heavy (non-hydrogen) atoms. The van der Waals surface area contributed by atoms with Crippen molar-refractivity contribution in [3.63, 3.8) is 0 Å². The number of fused-ring (bicyclic) bond motifs is 1. The smallest absolute Gasteiger partial charge is 0.173 e. The second-order valence-corrected chi connectivity index (χ2v) is 6.09. The first-order chi connectivity index (χ1) is 9.16. The molecule has 0 fully saturated rings. The Labute approximate surface area is 116 Å². The van der Waals surface area contributed by atoms with Gasteiger partial charge < -0.3 is 0 Å². The summed E-state index contributed by atoms with van der Waals surface area (Å²) in [7, 11) is 0. The van der Waals surface area contributed by atoms with Gasteiger partial charge in [-0.2, -0.15) is 0 Å². The highest BCUT2D eigenvalue weighted by atomic mass is 32.1. The molecule has 1 unspecified atom stereocenters. The van der Waals surface area contributed by atoms with Crippen LogP contribution in [0, 0.1) is 12.7 Å². The van der Waals surface area contributed by atoms with Crippen molar-refractivity contribution < 1.29 is 9.18 Å². The first-order valence-electron chi connectivity index (χ1n) is 6.53. The summed E-state index contributed by atoms with van der Waals surface area (Å²) < 4.78 is 13.9. The van der Waals surface area contributed by atoms with Crippen molar-refractivity contribution in [2.75, 3.05) is 0 Å². The predicted molar refractivity (Wildman–Crippen MR) is 75.5 cm³/mol. The monoisotopic (exact) mass is 274 g/mol. The minimum Gasteiger partial charge on any atom is -0.293 e. The second-order valence-electron chi connectivity index (χ2n) is 5.09. The van der Waals surface area contributed by atoms with Crippen molar-refractivity contribution in [2.24, 2.45) is 0 Å². The Morgan fingerprint density at radius 3 is 3.05 bits per heavy atom. The summed E-state index contributed by atoms with van der Waals surface area (Å²) in [6.45, 7) is 1.88. The molecule has 0 radical (unpaired) electrons. The van der Waals surface area contributed by atoms with Crippen LogP contribution in [0.2, 0.25) is 0 Å². The molecule has 0 saturated carbocycles. The number of benzene rings is 1. The van der Waals surface area contributed by atoms with E-state index in [0.29, 0.717) is 0 Å². The number of hydrogen-bond donors (Lipinski definition) is 0. The van der Waals surface area contributed by atoms with Crippen LogP contribution in [0.3, 0.4) is 0 Å². The summed E-state index contributed by atoms with van der Waals surface area (Å²) in [5.41, 5.74) is 2.28. The van der Waals surface area contributed by atoms with Crippen LogP contribution < -0.4 is 0 Å². The number of halogens is 1. The fourth-order valence-corrected chi connectivity index (χ4v) is 3.76. The summed E-state index contributed by atoms with van der Waals surface area (Å²) in [6.07, 6.45) is 2.89. The summed E-state index contributed by atoms with van der Waals surface area (Å²) in [6, 6.07) is 6.77. The SMILES string of the molecule is Cc1ccc(F)c(C(=O)C2CCCc3sccc32)c1. The van der Waals surface area contributed by atoms with E-state index in [1.807, 2.05) is 18.4 Å². The third-order valence-electron chi connectivity index (χ3n) is 3.76. The van der Waals surface area contributed by atoms with Gasteiger partial charge in [0.15, 0.2) is 5.78 Å². The van der Waals surface area contributed by atoms with E-state index in [4.69, 9.17) is 0 Å². The highest BCUT2D eigenvalue weighted by Gasteiger charge is 2.29. The zero-order valence-electron chi connectivity index (χ0n) is 10.8. The molecule has 0 saturated heterocycles. The van der Waals surface area contributed by atoms with Crippen LogP contribution in [0.4, 0.5) is 4.39 Å². The van der Waals surface area contributed by atoms with E-state index < -0.39 is 5.82 Å². The van der Waals surface area contributed by atoms with E-state index in [0.717, 1.165) is 30.4 Å². The van der Waals surface area contributed by atoms with E-state index in [-0.39, 0.29) is 17.3 Å². The molecule has 1 nitrogen and oxygen atoms in total. The normalized spacial score (nSPS) is 18.1. The van der Waals surface area contributed by atoms with E-state index in [9.17, 15) is 9.18 Å².